The van der Waals surface area contributed by atoms with E-state index in [1.807, 2.05) is 0 Å². The number of carbonyl (C=O) groups excluding carboxylic acids is 1. The molecule has 1 aliphatic heterocycles. The fourth-order valence-electron chi connectivity index (χ4n) is 1.98. The van der Waals surface area contributed by atoms with Crippen molar-refractivity contribution in [3.05, 3.63) is 35.1 Å². The van der Waals surface area contributed by atoms with Crippen molar-refractivity contribution in [1.82, 2.24) is 4.90 Å². The van der Waals surface area contributed by atoms with Gasteiger partial charge in [-0.2, -0.15) is 13.2 Å². The lowest BCUT2D eigenvalue weighted by molar-refractivity contribution is -0.138. The zero-order valence-corrected chi connectivity index (χ0v) is 9.78. The van der Waals surface area contributed by atoms with E-state index >= 15 is 0 Å². The van der Waals surface area contributed by atoms with Crippen molar-refractivity contribution in [2.45, 2.75) is 12.2 Å². The number of benzene rings is 1. The molecule has 1 saturated heterocycles. The third-order valence-corrected chi connectivity index (χ3v) is 2.99. The topological polar surface area (TPSA) is 29.5 Å². The number of nitrogens with zero attached hydrogens (tertiary/aromatic N) is 1. The highest BCUT2D eigenvalue weighted by atomic mass is 19.4. The predicted molar refractivity (Wildman–Crippen MR) is 57.7 cm³/mol. The van der Waals surface area contributed by atoms with Crippen LogP contribution in [0.2, 0.25) is 0 Å². The number of hydrogen-bond acceptors (Lipinski definition) is 2. The van der Waals surface area contributed by atoms with E-state index in [0.717, 1.165) is 12.1 Å². The highest BCUT2D eigenvalue weighted by molar-refractivity contribution is 5.49. The lowest BCUT2D eigenvalue weighted by Gasteiger charge is -2.33. The first-order chi connectivity index (χ1) is 8.93. The third-order valence-electron chi connectivity index (χ3n) is 2.99. The maximum Gasteiger partial charge on any atom is 0.416 e. The molecular weight excluding hydrogens is 266 g/mol. The number of halogens is 4. The zero-order valence-electron chi connectivity index (χ0n) is 9.78. The first kappa shape index (κ1) is 13.8. The molecule has 0 N–H and O–H groups in total. The predicted octanol–water partition coefficient (Wildman–Crippen LogP) is 2.37. The summed E-state index contributed by atoms with van der Waals surface area (Å²) in [7, 11) is 0. The number of amides is 1. The summed E-state index contributed by atoms with van der Waals surface area (Å²) in [6.45, 7) is 0.688. The normalized spacial score (nSPS) is 20.4. The fraction of sp³-hybridized carbons (Fsp3) is 0.417. The van der Waals surface area contributed by atoms with Gasteiger partial charge in [0, 0.05) is 12.1 Å². The smallest absolute Gasteiger partial charge is 0.377 e. The van der Waals surface area contributed by atoms with Gasteiger partial charge in [0.2, 0.25) is 6.41 Å². The van der Waals surface area contributed by atoms with E-state index in [1.165, 1.54) is 4.90 Å². The van der Waals surface area contributed by atoms with Gasteiger partial charge in [0.05, 0.1) is 24.8 Å². The Bertz CT molecular complexity index is 475. The molecule has 19 heavy (non-hydrogen) atoms. The van der Waals surface area contributed by atoms with Crippen molar-refractivity contribution in [2.75, 3.05) is 19.8 Å². The molecule has 0 unspecified atom stereocenters. The Balaban J connectivity index is 2.32. The van der Waals surface area contributed by atoms with E-state index in [0.29, 0.717) is 19.1 Å². The molecule has 1 aliphatic rings. The van der Waals surface area contributed by atoms with Crippen LogP contribution in [0.1, 0.15) is 17.2 Å². The van der Waals surface area contributed by atoms with E-state index in [4.69, 9.17) is 4.74 Å². The van der Waals surface area contributed by atoms with Crippen LogP contribution in [-0.4, -0.2) is 31.1 Å². The fourth-order valence-corrected chi connectivity index (χ4v) is 1.98. The van der Waals surface area contributed by atoms with E-state index in [9.17, 15) is 22.4 Å². The van der Waals surface area contributed by atoms with Gasteiger partial charge < -0.3 is 9.64 Å². The van der Waals surface area contributed by atoms with Crippen molar-refractivity contribution in [3.8, 4) is 0 Å². The summed E-state index contributed by atoms with van der Waals surface area (Å²) in [5, 5.41) is 0. The minimum Gasteiger partial charge on any atom is -0.377 e. The average Bonchev–Trinajstić information content (AvgIpc) is 2.37. The maximum absolute atomic E-state index is 13.8. The molecule has 0 saturated carbocycles. The Morgan fingerprint density at radius 1 is 1.37 bits per heavy atom. The second-order valence-corrected chi connectivity index (χ2v) is 4.17. The second-order valence-electron chi connectivity index (χ2n) is 4.17. The van der Waals surface area contributed by atoms with Crippen molar-refractivity contribution in [2.24, 2.45) is 0 Å². The van der Waals surface area contributed by atoms with Crippen LogP contribution in [-0.2, 0) is 15.7 Å². The van der Waals surface area contributed by atoms with Gasteiger partial charge in [-0.25, -0.2) is 4.39 Å². The van der Waals surface area contributed by atoms with Gasteiger partial charge in [0.15, 0.2) is 0 Å². The molecule has 1 fully saturated rings. The minimum absolute atomic E-state index is 0.0276. The number of ether oxygens (including phenoxy) is 1. The van der Waals surface area contributed by atoms with Crippen molar-refractivity contribution < 1.29 is 27.1 Å². The van der Waals surface area contributed by atoms with Crippen LogP contribution in [0.15, 0.2) is 18.2 Å². The molecule has 1 aromatic rings. The summed E-state index contributed by atoms with van der Waals surface area (Å²) >= 11 is 0. The van der Waals surface area contributed by atoms with Crippen LogP contribution < -0.4 is 0 Å². The summed E-state index contributed by atoms with van der Waals surface area (Å²) in [5.41, 5.74) is -1.03. The summed E-state index contributed by atoms with van der Waals surface area (Å²) in [5.74, 6) is -0.989. The molecule has 1 aromatic carbocycles. The molecule has 7 heteroatoms. The van der Waals surface area contributed by atoms with Crippen LogP contribution in [0.4, 0.5) is 17.6 Å². The molecular formula is C12H11F4NO2. The minimum atomic E-state index is -4.59. The van der Waals surface area contributed by atoms with Crippen LogP contribution in [0.3, 0.4) is 0 Å². The Labute approximate surface area is 106 Å². The highest BCUT2D eigenvalue weighted by Crippen LogP contribution is 2.32. The van der Waals surface area contributed by atoms with Crippen LogP contribution >= 0.6 is 0 Å². The highest BCUT2D eigenvalue weighted by Gasteiger charge is 2.33. The molecule has 0 aromatic heterocycles. The summed E-state index contributed by atoms with van der Waals surface area (Å²) in [4.78, 5) is 12.2. The zero-order chi connectivity index (χ0) is 14.0. The standard InChI is InChI=1S/C12H11F4NO2/c13-10-5-8(12(14,15)16)1-2-9(10)11-6-19-4-3-17(11)7-18/h1-2,5,7,11H,3-4,6H2/t11-/m0/s1. The molecule has 1 atom stereocenters. The Morgan fingerprint density at radius 3 is 2.68 bits per heavy atom. The van der Waals surface area contributed by atoms with E-state index < -0.39 is 23.6 Å². The summed E-state index contributed by atoms with van der Waals surface area (Å²) < 4.78 is 56.2. The molecule has 0 aliphatic carbocycles. The van der Waals surface area contributed by atoms with E-state index in [-0.39, 0.29) is 18.7 Å². The number of rotatable bonds is 2. The Morgan fingerprint density at radius 2 is 2.11 bits per heavy atom. The number of carbonyl (C=O) groups is 1. The van der Waals surface area contributed by atoms with Gasteiger partial charge >= 0.3 is 6.18 Å². The Kier molecular flexibility index (Phi) is 3.75. The Hall–Kier alpha value is -1.63. The molecule has 0 bridgehead atoms. The second kappa shape index (κ2) is 5.16. The first-order valence-corrected chi connectivity index (χ1v) is 5.59. The van der Waals surface area contributed by atoms with Crippen molar-refractivity contribution in [3.63, 3.8) is 0 Å². The van der Waals surface area contributed by atoms with Gasteiger partial charge in [0.1, 0.15) is 5.82 Å². The SMILES string of the molecule is O=CN1CCOC[C@H]1c1ccc(C(F)(F)F)cc1F. The molecule has 3 nitrogen and oxygen atoms in total. The largest absolute Gasteiger partial charge is 0.416 e. The van der Waals surface area contributed by atoms with Crippen LogP contribution in [0.25, 0.3) is 0 Å². The number of morpholine rings is 1. The van der Waals surface area contributed by atoms with Crippen molar-refractivity contribution in [1.29, 1.82) is 0 Å². The number of hydrogen-bond donors (Lipinski definition) is 0. The van der Waals surface area contributed by atoms with Gasteiger partial charge in [-0.1, -0.05) is 6.07 Å². The summed E-state index contributed by atoms with van der Waals surface area (Å²) in [6.07, 6.45) is -4.04. The first-order valence-electron chi connectivity index (χ1n) is 5.59. The molecule has 2 rings (SSSR count). The van der Waals surface area contributed by atoms with E-state index in [1.54, 1.807) is 0 Å². The van der Waals surface area contributed by atoms with Gasteiger partial charge in [-0.3, -0.25) is 4.79 Å². The van der Waals surface area contributed by atoms with Gasteiger partial charge in [-0.15, -0.1) is 0 Å². The number of alkyl halides is 3. The summed E-state index contributed by atoms with van der Waals surface area (Å²) in [6, 6.07) is 1.60. The van der Waals surface area contributed by atoms with E-state index in [2.05, 4.69) is 0 Å². The molecule has 104 valence electrons. The quantitative estimate of drug-likeness (QED) is 0.613. The lowest BCUT2D eigenvalue weighted by Crippen LogP contribution is -2.38. The lowest BCUT2D eigenvalue weighted by atomic mass is 10.0. The van der Waals surface area contributed by atoms with Crippen LogP contribution in [0, 0.1) is 5.82 Å². The third kappa shape index (κ3) is 2.86. The average molecular weight is 277 g/mol. The molecule has 0 spiro atoms. The monoisotopic (exact) mass is 277 g/mol. The van der Waals surface area contributed by atoms with Gasteiger partial charge in [-0.05, 0) is 12.1 Å². The van der Waals surface area contributed by atoms with Crippen LogP contribution in [0.5, 0.6) is 0 Å². The maximum atomic E-state index is 13.8. The van der Waals surface area contributed by atoms with Crippen molar-refractivity contribution >= 4 is 6.41 Å². The van der Waals surface area contributed by atoms with Gasteiger partial charge in [0.25, 0.3) is 0 Å². The molecule has 1 amide bonds. The molecule has 0 radical (unpaired) electrons. The molecule has 1 heterocycles.